The number of aromatic nitrogens is 3. The Labute approximate surface area is 179 Å². The molecule has 0 spiro atoms. The number of anilines is 1. The Morgan fingerprint density at radius 1 is 1.13 bits per heavy atom. The van der Waals surface area contributed by atoms with Gasteiger partial charge < -0.3 is 10.6 Å². The summed E-state index contributed by atoms with van der Waals surface area (Å²) in [5.74, 6) is -0.878. The largest absolute Gasteiger partial charge is 0.384 e. The van der Waals surface area contributed by atoms with Crippen LogP contribution >= 0.6 is 0 Å². The van der Waals surface area contributed by atoms with E-state index >= 15 is 0 Å². The SMILES string of the molecule is CC(=O)NCCCCCCCNc1cccc2nnn(C3CCC(=O)NC3=O)c(=O)c12. The minimum absolute atomic E-state index is 0.000597. The zero-order chi connectivity index (χ0) is 22.2. The van der Waals surface area contributed by atoms with Crippen LogP contribution in [0.3, 0.4) is 0 Å². The monoisotopic (exact) mass is 428 g/mol. The fraction of sp³-hybridized carbons (Fsp3) is 0.524. The van der Waals surface area contributed by atoms with E-state index in [-0.39, 0.29) is 24.7 Å². The number of fused-ring (bicyclic) bond motifs is 1. The van der Waals surface area contributed by atoms with Crippen LogP contribution in [-0.2, 0) is 14.4 Å². The highest BCUT2D eigenvalue weighted by Gasteiger charge is 2.30. The van der Waals surface area contributed by atoms with Gasteiger partial charge in [0.1, 0.15) is 11.6 Å². The number of unbranched alkanes of at least 4 members (excludes halogenated alkanes) is 4. The van der Waals surface area contributed by atoms with Gasteiger partial charge in [-0.05, 0) is 31.4 Å². The molecule has 1 unspecified atom stereocenters. The molecular formula is C21H28N6O4. The standard InChI is InChI=1S/C21H28N6O4/c1-14(28)22-12-5-3-2-4-6-13-23-15-8-7-9-16-19(15)21(31)27(26-25-16)17-10-11-18(29)24-20(17)30/h7-9,17,23H,2-6,10-13H2,1H3,(H,22,28)(H,24,29,30). The van der Waals surface area contributed by atoms with Crippen LogP contribution in [0.4, 0.5) is 5.69 Å². The average molecular weight is 428 g/mol. The van der Waals surface area contributed by atoms with Crippen molar-refractivity contribution in [3.63, 3.8) is 0 Å². The van der Waals surface area contributed by atoms with Gasteiger partial charge in [0, 0.05) is 32.1 Å². The van der Waals surface area contributed by atoms with Crippen LogP contribution in [-0.4, -0.2) is 45.8 Å². The number of nitrogens with one attached hydrogen (secondary N) is 3. The molecule has 3 N–H and O–H groups in total. The Morgan fingerprint density at radius 3 is 2.61 bits per heavy atom. The molecule has 3 rings (SSSR count). The first-order valence-corrected chi connectivity index (χ1v) is 10.7. The number of carbonyl (C=O) groups is 3. The molecule has 1 saturated heterocycles. The van der Waals surface area contributed by atoms with E-state index < -0.39 is 17.5 Å². The van der Waals surface area contributed by atoms with Crippen LogP contribution in [0.5, 0.6) is 0 Å². The molecule has 10 heteroatoms. The molecular weight excluding hydrogens is 400 g/mol. The van der Waals surface area contributed by atoms with Gasteiger partial charge in [-0.1, -0.05) is 30.5 Å². The van der Waals surface area contributed by atoms with Gasteiger partial charge >= 0.3 is 0 Å². The molecule has 1 aromatic heterocycles. The van der Waals surface area contributed by atoms with E-state index in [2.05, 4.69) is 26.3 Å². The molecule has 0 saturated carbocycles. The molecule has 1 aliphatic rings. The number of amides is 3. The number of hydrogen-bond donors (Lipinski definition) is 3. The first kappa shape index (κ1) is 22.4. The van der Waals surface area contributed by atoms with Crippen molar-refractivity contribution in [2.75, 3.05) is 18.4 Å². The Bertz CT molecular complexity index is 1020. The highest BCUT2D eigenvalue weighted by atomic mass is 16.2. The maximum absolute atomic E-state index is 13.1. The summed E-state index contributed by atoms with van der Waals surface area (Å²) in [6.07, 6.45) is 5.46. The maximum Gasteiger partial charge on any atom is 0.280 e. The lowest BCUT2D eigenvalue weighted by molar-refractivity contribution is -0.136. The number of rotatable bonds is 10. The van der Waals surface area contributed by atoms with Crippen LogP contribution in [0.1, 0.15) is 57.9 Å². The van der Waals surface area contributed by atoms with Crippen LogP contribution in [0.15, 0.2) is 23.0 Å². The predicted octanol–water partition coefficient (Wildman–Crippen LogP) is 1.27. The Hall–Kier alpha value is -3.30. The van der Waals surface area contributed by atoms with Crippen molar-refractivity contribution >= 4 is 34.3 Å². The quantitative estimate of drug-likeness (QED) is 0.383. The number of hydrogen-bond acceptors (Lipinski definition) is 7. The van der Waals surface area contributed by atoms with Gasteiger partial charge in [0.15, 0.2) is 0 Å². The molecule has 0 aliphatic carbocycles. The summed E-state index contributed by atoms with van der Waals surface area (Å²) in [7, 11) is 0. The molecule has 0 radical (unpaired) electrons. The number of piperidine rings is 1. The first-order valence-electron chi connectivity index (χ1n) is 10.7. The van der Waals surface area contributed by atoms with Gasteiger partial charge in [-0.2, -0.15) is 4.68 Å². The second-order valence-electron chi connectivity index (χ2n) is 7.68. The van der Waals surface area contributed by atoms with Crippen molar-refractivity contribution < 1.29 is 14.4 Å². The molecule has 0 bridgehead atoms. The Morgan fingerprint density at radius 2 is 1.87 bits per heavy atom. The summed E-state index contributed by atoms with van der Waals surface area (Å²) in [4.78, 5) is 47.5. The smallest absolute Gasteiger partial charge is 0.280 e. The molecule has 2 heterocycles. The minimum atomic E-state index is -0.840. The van der Waals surface area contributed by atoms with Crippen LogP contribution in [0.25, 0.3) is 10.9 Å². The van der Waals surface area contributed by atoms with Gasteiger partial charge in [-0.3, -0.25) is 24.5 Å². The fourth-order valence-corrected chi connectivity index (χ4v) is 3.63. The van der Waals surface area contributed by atoms with Crippen molar-refractivity contribution in [1.29, 1.82) is 0 Å². The van der Waals surface area contributed by atoms with E-state index in [0.29, 0.717) is 29.7 Å². The molecule has 3 amide bonds. The highest BCUT2D eigenvalue weighted by Crippen LogP contribution is 2.20. The van der Waals surface area contributed by atoms with Gasteiger partial charge in [0.25, 0.3) is 11.5 Å². The lowest BCUT2D eigenvalue weighted by Crippen LogP contribution is -2.45. The normalized spacial score (nSPS) is 16.2. The summed E-state index contributed by atoms with van der Waals surface area (Å²) in [5, 5.41) is 16.8. The average Bonchev–Trinajstić information content (AvgIpc) is 2.73. The fourth-order valence-electron chi connectivity index (χ4n) is 3.63. The van der Waals surface area contributed by atoms with Crippen molar-refractivity contribution in [2.24, 2.45) is 0 Å². The molecule has 2 aromatic rings. The molecule has 31 heavy (non-hydrogen) atoms. The summed E-state index contributed by atoms with van der Waals surface area (Å²) >= 11 is 0. The topological polar surface area (TPSA) is 135 Å². The summed E-state index contributed by atoms with van der Waals surface area (Å²) in [6.45, 7) is 2.93. The van der Waals surface area contributed by atoms with E-state index in [1.54, 1.807) is 12.1 Å². The second-order valence-corrected chi connectivity index (χ2v) is 7.68. The summed E-state index contributed by atoms with van der Waals surface area (Å²) < 4.78 is 1.07. The predicted molar refractivity (Wildman–Crippen MR) is 115 cm³/mol. The van der Waals surface area contributed by atoms with E-state index in [9.17, 15) is 19.2 Å². The third-order valence-electron chi connectivity index (χ3n) is 5.26. The Kier molecular flexibility index (Phi) is 7.69. The highest BCUT2D eigenvalue weighted by molar-refractivity contribution is 5.99. The zero-order valence-electron chi connectivity index (χ0n) is 17.6. The zero-order valence-corrected chi connectivity index (χ0v) is 17.6. The lowest BCUT2D eigenvalue weighted by atomic mass is 10.1. The number of carbonyl (C=O) groups excluding carboxylic acids is 3. The minimum Gasteiger partial charge on any atom is -0.384 e. The molecule has 1 fully saturated rings. The van der Waals surface area contributed by atoms with Gasteiger partial charge in [0.05, 0.1) is 5.39 Å². The van der Waals surface area contributed by atoms with E-state index in [0.717, 1.165) is 36.8 Å². The first-order chi connectivity index (χ1) is 15.0. The summed E-state index contributed by atoms with van der Waals surface area (Å²) in [6, 6.07) is 4.48. The third-order valence-corrected chi connectivity index (χ3v) is 5.26. The summed E-state index contributed by atoms with van der Waals surface area (Å²) in [5.41, 5.74) is 0.709. The van der Waals surface area contributed by atoms with Crippen LogP contribution in [0.2, 0.25) is 0 Å². The van der Waals surface area contributed by atoms with Crippen LogP contribution in [0, 0.1) is 0 Å². The number of imide groups is 1. The van der Waals surface area contributed by atoms with Crippen molar-refractivity contribution in [3.05, 3.63) is 28.6 Å². The Balaban J connectivity index is 1.60. The molecule has 1 atom stereocenters. The van der Waals surface area contributed by atoms with Gasteiger partial charge in [-0.25, -0.2) is 0 Å². The third kappa shape index (κ3) is 5.87. The van der Waals surface area contributed by atoms with Gasteiger partial charge in [-0.15, -0.1) is 5.10 Å². The lowest BCUT2D eigenvalue weighted by Gasteiger charge is -2.21. The van der Waals surface area contributed by atoms with E-state index in [1.165, 1.54) is 6.92 Å². The van der Waals surface area contributed by atoms with Crippen LogP contribution < -0.4 is 21.5 Å². The van der Waals surface area contributed by atoms with Gasteiger partial charge in [0.2, 0.25) is 11.8 Å². The van der Waals surface area contributed by atoms with E-state index in [1.807, 2.05) is 6.07 Å². The molecule has 1 aromatic carbocycles. The number of nitrogens with zero attached hydrogens (tertiary/aromatic N) is 3. The van der Waals surface area contributed by atoms with Crippen molar-refractivity contribution in [1.82, 2.24) is 25.6 Å². The van der Waals surface area contributed by atoms with Crippen molar-refractivity contribution in [3.8, 4) is 0 Å². The maximum atomic E-state index is 13.1. The molecule has 10 nitrogen and oxygen atoms in total. The van der Waals surface area contributed by atoms with E-state index in [4.69, 9.17) is 0 Å². The molecule has 1 aliphatic heterocycles. The van der Waals surface area contributed by atoms with Crippen molar-refractivity contribution in [2.45, 2.75) is 57.9 Å². The molecule has 166 valence electrons. The second kappa shape index (κ2) is 10.6. The number of benzene rings is 1.